The maximum absolute atomic E-state index is 12.3. The summed E-state index contributed by atoms with van der Waals surface area (Å²) in [6, 6.07) is 14.9. The van der Waals surface area contributed by atoms with Crippen molar-refractivity contribution in [3.05, 3.63) is 54.1 Å². The van der Waals surface area contributed by atoms with E-state index in [2.05, 4.69) is 10.3 Å². The number of thiazole rings is 1. The van der Waals surface area contributed by atoms with Gasteiger partial charge >= 0.3 is 5.97 Å². The van der Waals surface area contributed by atoms with Crippen molar-refractivity contribution in [2.75, 3.05) is 13.2 Å². The van der Waals surface area contributed by atoms with Crippen LogP contribution in [0.5, 0.6) is 0 Å². The molecule has 0 saturated heterocycles. The monoisotopic (exact) mass is 340 g/mol. The SMILES string of the molecule is CCNC(=O)COC(=O)c1ccccc1-c1nc2ccccc2s1. The van der Waals surface area contributed by atoms with Gasteiger partial charge in [-0.1, -0.05) is 30.3 Å². The van der Waals surface area contributed by atoms with E-state index in [-0.39, 0.29) is 12.5 Å². The number of nitrogens with one attached hydrogen (secondary N) is 1. The molecule has 0 radical (unpaired) electrons. The highest BCUT2D eigenvalue weighted by Gasteiger charge is 2.17. The second kappa shape index (κ2) is 7.23. The number of esters is 1. The first-order chi connectivity index (χ1) is 11.7. The summed E-state index contributed by atoms with van der Waals surface area (Å²) in [4.78, 5) is 28.4. The second-order valence-electron chi connectivity index (χ2n) is 5.06. The lowest BCUT2D eigenvalue weighted by Crippen LogP contribution is -2.28. The molecule has 0 atom stereocenters. The van der Waals surface area contributed by atoms with Gasteiger partial charge in [0, 0.05) is 12.1 Å². The van der Waals surface area contributed by atoms with Crippen LogP contribution in [0.2, 0.25) is 0 Å². The van der Waals surface area contributed by atoms with Crippen LogP contribution in [0.1, 0.15) is 17.3 Å². The third-order valence-electron chi connectivity index (χ3n) is 3.38. The van der Waals surface area contributed by atoms with Crippen molar-refractivity contribution in [1.82, 2.24) is 10.3 Å². The molecule has 0 spiro atoms. The topological polar surface area (TPSA) is 68.3 Å². The Bertz CT molecular complexity index is 856. The largest absolute Gasteiger partial charge is 0.452 e. The maximum Gasteiger partial charge on any atom is 0.339 e. The van der Waals surface area contributed by atoms with E-state index in [1.807, 2.05) is 43.3 Å². The van der Waals surface area contributed by atoms with Crippen molar-refractivity contribution in [3.8, 4) is 10.6 Å². The Hall–Kier alpha value is -2.73. The van der Waals surface area contributed by atoms with Crippen LogP contribution in [0.15, 0.2) is 48.5 Å². The van der Waals surface area contributed by atoms with E-state index in [0.717, 1.165) is 15.2 Å². The van der Waals surface area contributed by atoms with Crippen LogP contribution >= 0.6 is 11.3 Å². The van der Waals surface area contributed by atoms with E-state index in [1.54, 1.807) is 12.1 Å². The Labute approximate surface area is 143 Å². The minimum atomic E-state index is -0.531. The molecule has 1 aromatic heterocycles. The number of nitrogens with zero attached hydrogens (tertiary/aromatic N) is 1. The number of likely N-dealkylation sites (N-methyl/N-ethyl adjacent to an activating group) is 1. The molecule has 0 fully saturated rings. The van der Waals surface area contributed by atoms with E-state index in [9.17, 15) is 9.59 Å². The first-order valence-electron chi connectivity index (χ1n) is 7.58. The van der Waals surface area contributed by atoms with Gasteiger partial charge < -0.3 is 10.1 Å². The number of ether oxygens (including phenoxy) is 1. The number of hydrogen-bond acceptors (Lipinski definition) is 5. The molecule has 1 heterocycles. The average Bonchev–Trinajstić information content (AvgIpc) is 3.04. The van der Waals surface area contributed by atoms with Crippen LogP contribution in [0.25, 0.3) is 20.8 Å². The summed E-state index contributed by atoms with van der Waals surface area (Å²) < 4.78 is 6.16. The minimum Gasteiger partial charge on any atom is -0.452 e. The molecule has 0 aliphatic carbocycles. The van der Waals surface area contributed by atoms with Gasteiger partial charge in [-0.15, -0.1) is 11.3 Å². The van der Waals surface area contributed by atoms with Crippen LogP contribution < -0.4 is 5.32 Å². The molecule has 0 aliphatic heterocycles. The molecule has 5 nitrogen and oxygen atoms in total. The fourth-order valence-corrected chi connectivity index (χ4v) is 3.30. The molecule has 122 valence electrons. The van der Waals surface area contributed by atoms with Crippen molar-refractivity contribution in [1.29, 1.82) is 0 Å². The highest BCUT2D eigenvalue weighted by molar-refractivity contribution is 7.21. The highest BCUT2D eigenvalue weighted by atomic mass is 32.1. The zero-order valence-electron chi connectivity index (χ0n) is 13.1. The first-order valence-corrected chi connectivity index (χ1v) is 8.39. The summed E-state index contributed by atoms with van der Waals surface area (Å²) in [6.45, 7) is 2.02. The van der Waals surface area contributed by atoms with Gasteiger partial charge in [0.05, 0.1) is 15.8 Å². The third-order valence-corrected chi connectivity index (χ3v) is 4.45. The zero-order chi connectivity index (χ0) is 16.9. The Morgan fingerprint density at radius 2 is 1.88 bits per heavy atom. The third kappa shape index (κ3) is 3.44. The van der Waals surface area contributed by atoms with Crippen molar-refractivity contribution < 1.29 is 14.3 Å². The molecule has 2 aromatic carbocycles. The van der Waals surface area contributed by atoms with Gasteiger partial charge in [0.15, 0.2) is 6.61 Å². The number of hydrogen-bond donors (Lipinski definition) is 1. The number of aromatic nitrogens is 1. The summed E-state index contributed by atoms with van der Waals surface area (Å²) >= 11 is 1.52. The van der Waals surface area contributed by atoms with Gasteiger partial charge in [-0.25, -0.2) is 9.78 Å². The first kappa shape index (κ1) is 16.1. The fourth-order valence-electron chi connectivity index (χ4n) is 2.29. The minimum absolute atomic E-state index is 0.291. The molecular formula is C18H16N2O3S. The smallest absolute Gasteiger partial charge is 0.339 e. The van der Waals surface area contributed by atoms with Crippen LogP contribution in [0.4, 0.5) is 0 Å². The molecule has 1 N–H and O–H groups in total. The fraction of sp³-hybridized carbons (Fsp3) is 0.167. The van der Waals surface area contributed by atoms with Crippen molar-refractivity contribution in [2.24, 2.45) is 0 Å². The molecule has 3 aromatic rings. The predicted molar refractivity (Wildman–Crippen MR) is 94.0 cm³/mol. The summed E-state index contributed by atoms with van der Waals surface area (Å²) in [5, 5.41) is 3.34. The van der Waals surface area contributed by atoms with Crippen molar-refractivity contribution in [3.63, 3.8) is 0 Å². The number of amides is 1. The van der Waals surface area contributed by atoms with Crippen molar-refractivity contribution >= 4 is 33.4 Å². The molecule has 6 heteroatoms. The Morgan fingerprint density at radius 3 is 2.67 bits per heavy atom. The van der Waals surface area contributed by atoms with Gasteiger partial charge in [0.2, 0.25) is 0 Å². The highest BCUT2D eigenvalue weighted by Crippen LogP contribution is 2.32. The lowest BCUT2D eigenvalue weighted by atomic mass is 10.1. The number of carbonyl (C=O) groups is 2. The summed E-state index contributed by atoms with van der Waals surface area (Å²) in [5.41, 5.74) is 2.00. The maximum atomic E-state index is 12.3. The number of carbonyl (C=O) groups excluding carboxylic acids is 2. The Balaban J connectivity index is 1.87. The number of rotatable bonds is 5. The van der Waals surface area contributed by atoms with Gasteiger partial charge in [-0.3, -0.25) is 4.79 Å². The van der Waals surface area contributed by atoms with Crippen LogP contribution in [-0.2, 0) is 9.53 Å². The van der Waals surface area contributed by atoms with E-state index in [0.29, 0.717) is 17.7 Å². The Morgan fingerprint density at radius 1 is 1.12 bits per heavy atom. The summed E-state index contributed by atoms with van der Waals surface area (Å²) in [6.07, 6.45) is 0. The van der Waals surface area contributed by atoms with Crippen LogP contribution in [-0.4, -0.2) is 30.0 Å². The molecule has 3 rings (SSSR count). The van der Waals surface area contributed by atoms with Gasteiger partial charge in [-0.05, 0) is 25.1 Å². The van der Waals surface area contributed by atoms with Crippen molar-refractivity contribution in [2.45, 2.75) is 6.92 Å². The molecule has 1 amide bonds. The molecule has 24 heavy (non-hydrogen) atoms. The lowest BCUT2D eigenvalue weighted by molar-refractivity contribution is -0.124. The average molecular weight is 340 g/mol. The molecular weight excluding hydrogens is 324 g/mol. The zero-order valence-corrected chi connectivity index (χ0v) is 13.9. The second-order valence-corrected chi connectivity index (χ2v) is 6.09. The van der Waals surface area contributed by atoms with Crippen LogP contribution in [0, 0.1) is 0 Å². The van der Waals surface area contributed by atoms with Gasteiger partial charge in [0.25, 0.3) is 5.91 Å². The van der Waals surface area contributed by atoms with Crippen LogP contribution in [0.3, 0.4) is 0 Å². The standard InChI is InChI=1S/C18H16N2O3S/c1-2-19-16(21)11-23-18(22)13-8-4-3-7-12(13)17-20-14-9-5-6-10-15(14)24-17/h3-10H,2,11H2,1H3,(H,19,21). The van der Waals surface area contributed by atoms with Gasteiger partial charge in [0.1, 0.15) is 5.01 Å². The van der Waals surface area contributed by atoms with E-state index < -0.39 is 5.97 Å². The lowest BCUT2D eigenvalue weighted by Gasteiger charge is -2.07. The number of para-hydroxylation sites is 1. The molecule has 0 unspecified atom stereocenters. The predicted octanol–water partition coefficient (Wildman–Crippen LogP) is 3.26. The van der Waals surface area contributed by atoms with E-state index >= 15 is 0 Å². The molecule has 0 aliphatic rings. The number of benzene rings is 2. The Kier molecular flexibility index (Phi) is 4.86. The molecule has 0 saturated carbocycles. The normalized spacial score (nSPS) is 10.5. The quantitative estimate of drug-likeness (QED) is 0.724. The summed E-state index contributed by atoms with van der Waals surface area (Å²) in [5.74, 6) is -0.848. The van der Waals surface area contributed by atoms with Gasteiger partial charge in [-0.2, -0.15) is 0 Å². The summed E-state index contributed by atoms with van der Waals surface area (Å²) in [7, 11) is 0. The van der Waals surface area contributed by atoms with E-state index in [4.69, 9.17) is 4.74 Å². The number of fused-ring (bicyclic) bond motifs is 1. The molecule has 0 bridgehead atoms. The van der Waals surface area contributed by atoms with E-state index in [1.165, 1.54) is 11.3 Å².